The van der Waals surface area contributed by atoms with Crippen molar-refractivity contribution in [3.05, 3.63) is 113 Å². The van der Waals surface area contributed by atoms with Crippen molar-refractivity contribution in [2.24, 2.45) is 0 Å². The quantitative estimate of drug-likeness (QED) is 0.318. The van der Waals surface area contributed by atoms with Crippen LogP contribution in [0.1, 0.15) is 60.3 Å². The van der Waals surface area contributed by atoms with Gasteiger partial charge in [0.25, 0.3) is 0 Å². The van der Waals surface area contributed by atoms with E-state index in [0.29, 0.717) is 36.6 Å². The number of nitrogens with zero attached hydrogens (tertiary/aromatic N) is 6. The molecule has 0 aliphatic heterocycles. The van der Waals surface area contributed by atoms with Gasteiger partial charge in [-0.3, -0.25) is 0 Å². The number of allylic oxidation sites excluding steroid dienone is 4. The number of nitrogens with one attached hydrogen (secondary N) is 1. The van der Waals surface area contributed by atoms with Crippen molar-refractivity contribution in [2.45, 2.75) is 56.9 Å². The van der Waals surface area contributed by atoms with Gasteiger partial charge in [-0.05, 0) is 29.5 Å². The monoisotopic (exact) mass is 501 g/mol. The van der Waals surface area contributed by atoms with Crippen LogP contribution in [0.4, 0.5) is 8.78 Å². The summed E-state index contributed by atoms with van der Waals surface area (Å²) in [6.45, 7) is 2.43. The molecule has 0 radical (unpaired) electrons. The Hall–Kier alpha value is -4.01. The highest BCUT2D eigenvalue weighted by molar-refractivity contribution is 5.43. The molecular weight excluding hydrogens is 472 g/mol. The van der Waals surface area contributed by atoms with Crippen molar-refractivity contribution in [1.82, 2.24) is 35.4 Å². The van der Waals surface area contributed by atoms with E-state index in [1.54, 1.807) is 28.9 Å². The summed E-state index contributed by atoms with van der Waals surface area (Å²) in [5, 5.41) is 19.1. The Kier molecular flexibility index (Phi) is 7.03. The predicted octanol–water partition coefficient (Wildman–Crippen LogP) is 5.32. The molecule has 190 valence electrons. The second-order valence-corrected chi connectivity index (χ2v) is 9.37. The van der Waals surface area contributed by atoms with Gasteiger partial charge in [0.2, 0.25) is 5.82 Å². The lowest BCUT2D eigenvalue weighted by Gasteiger charge is -2.28. The number of unbranched alkanes of at least 4 members (excludes halogenated alkanes) is 1. The maximum Gasteiger partial charge on any atom is 0.312 e. The topological polar surface area (TPSA) is 85.2 Å². The first kappa shape index (κ1) is 24.7. The molecule has 0 spiro atoms. The minimum Gasteiger partial charge on any atom is -0.245 e. The van der Waals surface area contributed by atoms with Crippen molar-refractivity contribution in [3.8, 4) is 0 Å². The second-order valence-electron chi connectivity index (χ2n) is 9.37. The summed E-state index contributed by atoms with van der Waals surface area (Å²) in [7, 11) is 0. The van der Waals surface area contributed by atoms with Crippen LogP contribution in [0.25, 0.3) is 0 Å². The molecule has 9 heteroatoms. The summed E-state index contributed by atoms with van der Waals surface area (Å²) >= 11 is 0. The van der Waals surface area contributed by atoms with Crippen molar-refractivity contribution in [2.75, 3.05) is 0 Å². The Balaban J connectivity index is 1.40. The van der Waals surface area contributed by atoms with Gasteiger partial charge in [0.05, 0.1) is 12.0 Å². The predicted molar refractivity (Wildman–Crippen MR) is 136 cm³/mol. The van der Waals surface area contributed by atoms with E-state index >= 15 is 8.78 Å². The summed E-state index contributed by atoms with van der Waals surface area (Å²) in [4.78, 5) is 4.31. The zero-order valence-electron chi connectivity index (χ0n) is 20.7. The van der Waals surface area contributed by atoms with Crippen LogP contribution in [0, 0.1) is 0 Å². The lowest BCUT2D eigenvalue weighted by molar-refractivity contribution is -0.0133. The van der Waals surface area contributed by atoms with Gasteiger partial charge in [0, 0.05) is 12.8 Å². The van der Waals surface area contributed by atoms with Crippen LogP contribution < -0.4 is 0 Å². The molecule has 1 atom stereocenters. The van der Waals surface area contributed by atoms with Crippen molar-refractivity contribution in [3.63, 3.8) is 0 Å². The van der Waals surface area contributed by atoms with E-state index in [0.717, 1.165) is 24.0 Å². The number of halogens is 2. The van der Waals surface area contributed by atoms with Gasteiger partial charge >= 0.3 is 5.92 Å². The molecule has 0 amide bonds. The standard InChI is InChI=1S/C28H29F2N7/c1-2-3-12-24-31-26(28(29,30)19-21-10-6-4-7-11-21)34-37(24)20-22-13-15-23(16-14-22)27(17-8-5-9-18-27)25-32-35-36-33-25/h4-11,13-17H,2-3,12,18-20H2,1H3,(H,32,33,35,36). The maximum absolute atomic E-state index is 15.2. The number of alkyl halides is 2. The third kappa shape index (κ3) is 5.26. The molecule has 4 aromatic rings. The molecule has 0 saturated carbocycles. The number of rotatable bonds is 10. The summed E-state index contributed by atoms with van der Waals surface area (Å²) in [5.41, 5.74) is 2.02. The molecule has 0 fully saturated rings. The molecule has 2 aromatic carbocycles. The fraction of sp³-hybridized carbons (Fsp3) is 0.321. The lowest BCUT2D eigenvalue weighted by Crippen LogP contribution is -2.27. The Labute approximate surface area is 214 Å². The van der Waals surface area contributed by atoms with Crippen molar-refractivity contribution in [1.29, 1.82) is 0 Å². The third-order valence-corrected chi connectivity index (χ3v) is 6.71. The molecule has 1 aliphatic rings. The van der Waals surface area contributed by atoms with Crippen LogP contribution in [0.15, 0.2) is 78.9 Å². The minimum absolute atomic E-state index is 0.360. The van der Waals surface area contributed by atoms with Gasteiger partial charge in [0.1, 0.15) is 5.82 Å². The lowest BCUT2D eigenvalue weighted by atomic mass is 9.74. The van der Waals surface area contributed by atoms with Crippen LogP contribution in [0.5, 0.6) is 0 Å². The molecule has 0 saturated heterocycles. The van der Waals surface area contributed by atoms with E-state index in [2.05, 4.69) is 49.8 Å². The van der Waals surface area contributed by atoms with Crippen LogP contribution in [-0.2, 0) is 30.7 Å². The van der Waals surface area contributed by atoms with Gasteiger partial charge in [-0.2, -0.15) is 14.0 Å². The van der Waals surface area contributed by atoms with E-state index in [-0.39, 0.29) is 0 Å². The molecule has 2 heterocycles. The average molecular weight is 502 g/mol. The number of benzene rings is 2. The number of hydrogen-bond donors (Lipinski definition) is 1. The first-order valence-corrected chi connectivity index (χ1v) is 12.5. The van der Waals surface area contributed by atoms with E-state index in [4.69, 9.17) is 0 Å². The van der Waals surface area contributed by atoms with E-state index in [1.807, 2.05) is 42.5 Å². The number of hydrogen-bond acceptors (Lipinski definition) is 5. The van der Waals surface area contributed by atoms with Crippen LogP contribution in [0.2, 0.25) is 0 Å². The Bertz CT molecular complexity index is 1360. The molecule has 2 aromatic heterocycles. The molecule has 37 heavy (non-hydrogen) atoms. The van der Waals surface area contributed by atoms with Gasteiger partial charge in [0.15, 0.2) is 5.82 Å². The number of aryl methyl sites for hydroxylation is 1. The molecule has 1 unspecified atom stereocenters. The van der Waals surface area contributed by atoms with E-state index < -0.39 is 23.6 Å². The van der Waals surface area contributed by atoms with Gasteiger partial charge in [-0.15, -0.1) is 15.3 Å². The highest BCUT2D eigenvalue weighted by Crippen LogP contribution is 2.37. The van der Waals surface area contributed by atoms with Crippen LogP contribution in [-0.4, -0.2) is 35.4 Å². The Morgan fingerprint density at radius 2 is 1.84 bits per heavy atom. The molecule has 0 bridgehead atoms. The maximum atomic E-state index is 15.2. The van der Waals surface area contributed by atoms with Gasteiger partial charge in [-0.25, -0.2) is 9.67 Å². The SMILES string of the molecule is CCCCc1nc(C(F)(F)Cc2ccccc2)nn1Cc1ccc(C2(c3nn[nH]n3)C=CC=CC2)cc1. The fourth-order valence-electron chi connectivity index (χ4n) is 4.67. The van der Waals surface area contributed by atoms with E-state index in [9.17, 15) is 0 Å². The van der Waals surface area contributed by atoms with Crippen LogP contribution in [0.3, 0.4) is 0 Å². The summed E-state index contributed by atoms with van der Waals surface area (Å²) < 4.78 is 31.9. The smallest absolute Gasteiger partial charge is 0.245 e. The van der Waals surface area contributed by atoms with Crippen LogP contribution >= 0.6 is 0 Å². The normalized spacial score (nSPS) is 17.4. The average Bonchev–Trinajstić information content (AvgIpc) is 3.60. The van der Waals surface area contributed by atoms with E-state index in [1.165, 1.54) is 0 Å². The first-order valence-electron chi connectivity index (χ1n) is 12.5. The molecule has 7 nitrogen and oxygen atoms in total. The van der Waals surface area contributed by atoms with Gasteiger partial charge in [-0.1, -0.05) is 97.5 Å². The van der Waals surface area contributed by atoms with Crippen molar-refractivity contribution < 1.29 is 8.78 Å². The zero-order valence-corrected chi connectivity index (χ0v) is 20.7. The fourth-order valence-corrected chi connectivity index (χ4v) is 4.67. The summed E-state index contributed by atoms with van der Waals surface area (Å²) in [5.74, 6) is -2.40. The first-order chi connectivity index (χ1) is 18.0. The highest BCUT2D eigenvalue weighted by atomic mass is 19.3. The third-order valence-electron chi connectivity index (χ3n) is 6.71. The summed E-state index contributed by atoms with van der Waals surface area (Å²) in [6, 6.07) is 16.8. The minimum atomic E-state index is -3.16. The largest absolute Gasteiger partial charge is 0.312 e. The molecule has 1 aliphatic carbocycles. The summed E-state index contributed by atoms with van der Waals surface area (Å²) in [6.07, 6.45) is 10.8. The molecular formula is C28H29F2N7. The molecule has 1 N–H and O–H groups in total. The number of tetrazole rings is 1. The highest BCUT2D eigenvalue weighted by Gasteiger charge is 2.38. The second kappa shape index (κ2) is 10.5. The number of aromatic nitrogens is 7. The van der Waals surface area contributed by atoms with Gasteiger partial charge < -0.3 is 0 Å². The Morgan fingerprint density at radius 1 is 1.03 bits per heavy atom. The number of H-pyrrole nitrogens is 1. The molecule has 5 rings (SSSR count). The Morgan fingerprint density at radius 3 is 2.51 bits per heavy atom. The zero-order chi connectivity index (χ0) is 25.7. The van der Waals surface area contributed by atoms with Crippen molar-refractivity contribution >= 4 is 0 Å². The number of aromatic amines is 1.